The van der Waals surface area contributed by atoms with E-state index in [1.807, 2.05) is 36.1 Å². The molecule has 0 N–H and O–H groups in total. The molecule has 1 aliphatic rings. The van der Waals surface area contributed by atoms with E-state index in [4.69, 9.17) is 0 Å². The second kappa shape index (κ2) is 4.88. The Morgan fingerprint density at radius 3 is 2.47 bits per heavy atom. The molecule has 0 radical (unpaired) electrons. The second-order valence-corrected chi connectivity index (χ2v) is 4.98. The van der Waals surface area contributed by atoms with E-state index in [0.29, 0.717) is 6.04 Å². The van der Waals surface area contributed by atoms with Gasteiger partial charge in [0.1, 0.15) is 0 Å². The number of carbonyl (C=O) groups excluding carboxylic acids is 1. The van der Waals surface area contributed by atoms with E-state index in [2.05, 4.69) is 18.9 Å². The maximum Gasteiger partial charge on any atom is 0.254 e. The third-order valence-electron chi connectivity index (χ3n) is 3.39. The molecule has 1 unspecified atom stereocenters. The van der Waals surface area contributed by atoms with Gasteiger partial charge in [-0.15, -0.1) is 0 Å². The van der Waals surface area contributed by atoms with E-state index < -0.39 is 0 Å². The number of piperazine rings is 1. The van der Waals surface area contributed by atoms with Gasteiger partial charge in [0.05, 0.1) is 0 Å². The number of benzene rings is 1. The van der Waals surface area contributed by atoms with Crippen molar-refractivity contribution < 1.29 is 4.79 Å². The van der Waals surface area contributed by atoms with Crippen LogP contribution in [-0.4, -0.2) is 48.4 Å². The molecule has 3 heteroatoms. The highest BCUT2D eigenvalue weighted by Gasteiger charge is 2.26. The Hall–Kier alpha value is -1.35. The minimum absolute atomic E-state index is 0.158. The van der Waals surface area contributed by atoms with Crippen molar-refractivity contribution in [2.24, 2.45) is 0 Å². The van der Waals surface area contributed by atoms with Gasteiger partial charge in [0, 0.05) is 31.2 Å². The Morgan fingerprint density at radius 2 is 1.88 bits per heavy atom. The summed E-state index contributed by atoms with van der Waals surface area (Å²) in [4.78, 5) is 16.6. The predicted molar refractivity (Wildman–Crippen MR) is 69.2 cm³/mol. The number of carbonyl (C=O) groups is 1. The fourth-order valence-corrected chi connectivity index (χ4v) is 2.30. The lowest BCUT2D eigenvalue weighted by atomic mass is 10.1. The fraction of sp³-hybridized carbons (Fsp3) is 0.500. The van der Waals surface area contributed by atoms with E-state index in [0.717, 1.165) is 25.2 Å². The lowest BCUT2D eigenvalue weighted by Gasteiger charge is -2.38. The number of likely N-dealkylation sites (N-methyl/N-ethyl adjacent to an activating group) is 1. The van der Waals surface area contributed by atoms with Gasteiger partial charge in [-0.2, -0.15) is 0 Å². The summed E-state index contributed by atoms with van der Waals surface area (Å²) in [5, 5.41) is 0. The quantitative estimate of drug-likeness (QED) is 0.737. The SMILES string of the molecule is Cc1ccc(C(=O)N2CCN(C)CC2C)cc1. The van der Waals surface area contributed by atoms with Gasteiger partial charge in [-0.05, 0) is 33.0 Å². The number of amides is 1. The molecule has 0 bridgehead atoms. The van der Waals surface area contributed by atoms with E-state index in [-0.39, 0.29) is 5.91 Å². The highest BCUT2D eigenvalue weighted by atomic mass is 16.2. The van der Waals surface area contributed by atoms with Gasteiger partial charge in [-0.3, -0.25) is 4.79 Å². The molecule has 1 aromatic carbocycles. The van der Waals surface area contributed by atoms with Crippen LogP contribution in [0.1, 0.15) is 22.8 Å². The third-order valence-corrected chi connectivity index (χ3v) is 3.39. The van der Waals surface area contributed by atoms with Crippen molar-refractivity contribution in [1.82, 2.24) is 9.80 Å². The Balaban J connectivity index is 2.12. The Morgan fingerprint density at radius 1 is 1.24 bits per heavy atom. The molecule has 92 valence electrons. The Bertz CT molecular complexity index is 399. The molecule has 2 rings (SSSR count). The molecular formula is C14H20N2O. The number of hydrogen-bond donors (Lipinski definition) is 0. The maximum absolute atomic E-state index is 12.3. The first-order valence-electron chi connectivity index (χ1n) is 6.14. The van der Waals surface area contributed by atoms with E-state index >= 15 is 0 Å². The summed E-state index contributed by atoms with van der Waals surface area (Å²) in [7, 11) is 2.10. The molecule has 0 aromatic heterocycles. The smallest absolute Gasteiger partial charge is 0.254 e. The second-order valence-electron chi connectivity index (χ2n) is 4.98. The van der Waals surface area contributed by atoms with Crippen molar-refractivity contribution in [1.29, 1.82) is 0 Å². The first-order chi connectivity index (χ1) is 8.08. The molecule has 3 nitrogen and oxygen atoms in total. The number of nitrogens with zero attached hydrogens (tertiary/aromatic N) is 2. The number of hydrogen-bond acceptors (Lipinski definition) is 2. The molecule has 0 aliphatic carbocycles. The van der Waals surface area contributed by atoms with Gasteiger partial charge in [0.2, 0.25) is 0 Å². The summed E-state index contributed by atoms with van der Waals surface area (Å²) in [6, 6.07) is 8.12. The molecule has 1 saturated heterocycles. The van der Waals surface area contributed by atoms with Crippen LogP contribution >= 0.6 is 0 Å². The zero-order valence-corrected chi connectivity index (χ0v) is 10.8. The average molecular weight is 232 g/mol. The summed E-state index contributed by atoms with van der Waals surface area (Å²) in [5.41, 5.74) is 1.99. The Labute approximate surface area is 103 Å². The third kappa shape index (κ3) is 2.67. The molecule has 1 heterocycles. The van der Waals surface area contributed by atoms with E-state index in [1.54, 1.807) is 0 Å². The molecule has 1 aliphatic heterocycles. The monoisotopic (exact) mass is 232 g/mol. The van der Waals surface area contributed by atoms with E-state index in [9.17, 15) is 4.79 Å². The largest absolute Gasteiger partial charge is 0.333 e. The van der Waals surface area contributed by atoms with Crippen molar-refractivity contribution in [3.05, 3.63) is 35.4 Å². The van der Waals surface area contributed by atoms with Gasteiger partial charge >= 0.3 is 0 Å². The molecule has 1 aromatic rings. The normalized spacial score (nSPS) is 21.6. The molecular weight excluding hydrogens is 212 g/mol. The average Bonchev–Trinajstić information content (AvgIpc) is 2.29. The van der Waals surface area contributed by atoms with Gasteiger partial charge in [0.15, 0.2) is 0 Å². The van der Waals surface area contributed by atoms with Crippen LogP contribution in [0.15, 0.2) is 24.3 Å². The lowest BCUT2D eigenvalue weighted by molar-refractivity contribution is 0.0533. The molecule has 0 spiro atoms. The van der Waals surface area contributed by atoms with Crippen molar-refractivity contribution in [3.63, 3.8) is 0 Å². The van der Waals surface area contributed by atoms with Crippen LogP contribution in [0.5, 0.6) is 0 Å². The topological polar surface area (TPSA) is 23.6 Å². The minimum Gasteiger partial charge on any atom is -0.333 e. The number of rotatable bonds is 1. The maximum atomic E-state index is 12.3. The first-order valence-corrected chi connectivity index (χ1v) is 6.14. The molecule has 17 heavy (non-hydrogen) atoms. The number of aryl methyl sites for hydroxylation is 1. The fourth-order valence-electron chi connectivity index (χ4n) is 2.30. The first kappa shape index (κ1) is 12.1. The van der Waals surface area contributed by atoms with Gasteiger partial charge in [-0.25, -0.2) is 0 Å². The summed E-state index contributed by atoms with van der Waals surface area (Å²) in [6.07, 6.45) is 0. The summed E-state index contributed by atoms with van der Waals surface area (Å²) >= 11 is 0. The zero-order chi connectivity index (χ0) is 12.4. The molecule has 0 saturated carbocycles. The molecule has 1 atom stereocenters. The van der Waals surface area contributed by atoms with Crippen molar-refractivity contribution in [2.45, 2.75) is 19.9 Å². The van der Waals surface area contributed by atoms with Crippen molar-refractivity contribution in [3.8, 4) is 0 Å². The van der Waals surface area contributed by atoms with Crippen LogP contribution in [0.3, 0.4) is 0 Å². The van der Waals surface area contributed by atoms with Gasteiger partial charge < -0.3 is 9.80 Å². The van der Waals surface area contributed by atoms with Crippen molar-refractivity contribution in [2.75, 3.05) is 26.7 Å². The zero-order valence-electron chi connectivity index (χ0n) is 10.8. The predicted octanol–water partition coefficient (Wildman–Crippen LogP) is 1.77. The summed E-state index contributed by atoms with van der Waals surface area (Å²) in [6.45, 7) is 6.89. The lowest BCUT2D eigenvalue weighted by Crippen LogP contribution is -2.52. The van der Waals surface area contributed by atoms with Crippen LogP contribution in [0.4, 0.5) is 0 Å². The van der Waals surface area contributed by atoms with Crippen LogP contribution < -0.4 is 0 Å². The highest BCUT2D eigenvalue weighted by molar-refractivity contribution is 5.94. The van der Waals surface area contributed by atoms with Crippen LogP contribution in [0.25, 0.3) is 0 Å². The van der Waals surface area contributed by atoms with Crippen LogP contribution in [0, 0.1) is 6.92 Å². The Kier molecular flexibility index (Phi) is 3.48. The summed E-state index contributed by atoms with van der Waals surface area (Å²) in [5.74, 6) is 0.158. The standard InChI is InChI=1S/C14H20N2O/c1-11-4-6-13(7-5-11)14(17)16-9-8-15(3)10-12(16)2/h4-7,12H,8-10H2,1-3H3. The highest BCUT2D eigenvalue weighted by Crippen LogP contribution is 2.13. The van der Waals surface area contributed by atoms with Crippen molar-refractivity contribution >= 4 is 5.91 Å². The molecule has 1 fully saturated rings. The van der Waals surface area contributed by atoms with Crippen LogP contribution in [-0.2, 0) is 0 Å². The van der Waals surface area contributed by atoms with Gasteiger partial charge in [0.25, 0.3) is 5.91 Å². The van der Waals surface area contributed by atoms with Gasteiger partial charge in [-0.1, -0.05) is 17.7 Å². The van der Waals surface area contributed by atoms with Crippen LogP contribution in [0.2, 0.25) is 0 Å². The molecule has 1 amide bonds. The van der Waals surface area contributed by atoms with E-state index in [1.165, 1.54) is 5.56 Å². The minimum atomic E-state index is 0.158. The summed E-state index contributed by atoms with van der Waals surface area (Å²) < 4.78 is 0.